The molecule has 2 aliphatic heterocycles. The molecule has 0 spiro atoms. The third-order valence-corrected chi connectivity index (χ3v) is 8.52. The summed E-state index contributed by atoms with van der Waals surface area (Å²) in [6.45, 7) is 0.494. The molecule has 29 heavy (non-hydrogen) atoms. The topological polar surface area (TPSA) is 92.8 Å². The number of benzene rings is 1. The molecule has 0 aromatic heterocycles. The number of ether oxygens (including phenoxy) is 1. The molecule has 1 aromatic rings. The van der Waals surface area contributed by atoms with Gasteiger partial charge in [-0.2, -0.15) is 0 Å². The number of hydrogen-bond donors (Lipinski definition) is 1. The number of cyclic esters (lactones) is 1. The number of halogens is 1. The van der Waals surface area contributed by atoms with E-state index in [1.807, 2.05) is 0 Å². The molecule has 2 heterocycles. The van der Waals surface area contributed by atoms with Gasteiger partial charge in [0, 0.05) is 5.92 Å². The van der Waals surface area contributed by atoms with Crippen LogP contribution in [0.3, 0.4) is 0 Å². The molecule has 4 aliphatic rings. The van der Waals surface area contributed by atoms with Gasteiger partial charge in [0.15, 0.2) is 9.84 Å². The Morgan fingerprint density at radius 2 is 1.97 bits per heavy atom. The molecule has 4 fully saturated rings. The van der Waals surface area contributed by atoms with Crippen LogP contribution in [-0.2, 0) is 19.4 Å². The molecular weight excluding hydrogens is 399 g/mol. The monoisotopic (exact) mass is 422 g/mol. The van der Waals surface area contributed by atoms with E-state index < -0.39 is 27.9 Å². The maximum atomic E-state index is 14.7. The second-order valence-electron chi connectivity index (χ2n) is 8.63. The summed E-state index contributed by atoms with van der Waals surface area (Å²) >= 11 is 0. The van der Waals surface area contributed by atoms with E-state index in [4.69, 9.17) is 4.74 Å². The summed E-state index contributed by atoms with van der Waals surface area (Å²) in [6, 6.07) is 4.64. The Kier molecular flexibility index (Phi) is 4.34. The van der Waals surface area contributed by atoms with Crippen LogP contribution < -0.4 is 10.2 Å². The quantitative estimate of drug-likeness (QED) is 0.782. The van der Waals surface area contributed by atoms with E-state index in [0.29, 0.717) is 11.3 Å². The first kappa shape index (κ1) is 18.8. The van der Waals surface area contributed by atoms with Gasteiger partial charge in [-0.1, -0.05) is 12.5 Å². The Balaban J connectivity index is 1.21. The molecule has 4 atom stereocenters. The van der Waals surface area contributed by atoms with Crippen molar-refractivity contribution in [1.82, 2.24) is 5.32 Å². The Morgan fingerprint density at radius 1 is 1.24 bits per heavy atom. The highest BCUT2D eigenvalue weighted by Crippen LogP contribution is 2.59. The van der Waals surface area contributed by atoms with E-state index in [-0.39, 0.29) is 54.2 Å². The van der Waals surface area contributed by atoms with Gasteiger partial charge < -0.3 is 10.1 Å². The Labute approximate surface area is 168 Å². The van der Waals surface area contributed by atoms with Crippen LogP contribution in [0, 0.1) is 23.6 Å². The van der Waals surface area contributed by atoms with Gasteiger partial charge in [-0.25, -0.2) is 17.6 Å². The Hall–Kier alpha value is -2.16. The molecule has 1 aromatic carbocycles. The third kappa shape index (κ3) is 3.39. The van der Waals surface area contributed by atoms with Crippen LogP contribution in [0.4, 0.5) is 14.9 Å². The minimum Gasteiger partial charge on any atom is -0.442 e. The zero-order valence-electron chi connectivity index (χ0n) is 15.8. The lowest BCUT2D eigenvalue weighted by atomic mass is 9.85. The first-order valence-corrected chi connectivity index (χ1v) is 11.9. The van der Waals surface area contributed by atoms with Gasteiger partial charge in [-0.05, 0) is 48.3 Å². The summed E-state index contributed by atoms with van der Waals surface area (Å²) in [4.78, 5) is 25.5. The van der Waals surface area contributed by atoms with Gasteiger partial charge in [-0.3, -0.25) is 9.69 Å². The molecule has 0 radical (unpaired) electrons. The number of rotatable bonds is 5. The maximum absolute atomic E-state index is 14.7. The molecule has 2 amide bonds. The van der Waals surface area contributed by atoms with Crippen LogP contribution in [0.25, 0.3) is 0 Å². The highest BCUT2D eigenvalue weighted by molar-refractivity contribution is 7.91. The van der Waals surface area contributed by atoms with Crippen molar-refractivity contribution in [3.05, 3.63) is 29.6 Å². The van der Waals surface area contributed by atoms with Gasteiger partial charge >= 0.3 is 6.09 Å². The van der Waals surface area contributed by atoms with Crippen LogP contribution in [0.15, 0.2) is 18.2 Å². The molecule has 9 heteroatoms. The van der Waals surface area contributed by atoms with Crippen molar-refractivity contribution in [2.24, 2.45) is 17.8 Å². The normalized spacial score (nSPS) is 32.4. The highest BCUT2D eigenvalue weighted by Gasteiger charge is 2.59. The minimum atomic E-state index is -2.97. The summed E-state index contributed by atoms with van der Waals surface area (Å²) in [5.74, 6) is -0.102. The van der Waals surface area contributed by atoms with Crippen molar-refractivity contribution < 1.29 is 27.1 Å². The first-order chi connectivity index (χ1) is 13.8. The van der Waals surface area contributed by atoms with Crippen LogP contribution in [0.5, 0.6) is 0 Å². The summed E-state index contributed by atoms with van der Waals surface area (Å²) in [6.07, 6.45) is 1.85. The fraction of sp³-hybridized carbons (Fsp3) is 0.600. The fourth-order valence-electron chi connectivity index (χ4n) is 4.84. The molecule has 2 aliphatic carbocycles. The SMILES string of the molecule is O=C(NC[C@H]1CN(c2ccc(C3[C@H]4CS(=O)(=O)C[C@@H]34)c(F)c2)C(=O)O1)C1CCC1. The fourth-order valence-corrected chi connectivity index (χ4v) is 7.06. The number of carbonyl (C=O) groups is 2. The molecule has 2 saturated heterocycles. The van der Waals surface area contributed by atoms with Crippen LogP contribution >= 0.6 is 0 Å². The smallest absolute Gasteiger partial charge is 0.414 e. The largest absolute Gasteiger partial charge is 0.442 e. The standard InChI is InChI=1S/C20H23FN2O5S/c21-17-6-12(4-5-14(17)18-15-9-29(26,27)10-16(15)18)23-8-13(28-20(23)25)7-22-19(24)11-2-1-3-11/h4-6,11,13,15-16,18H,1-3,7-10H2,(H,22,24)/t13-,15-,16+,18?/m0/s1. The lowest BCUT2D eigenvalue weighted by Crippen LogP contribution is -2.39. The van der Waals surface area contributed by atoms with E-state index in [1.54, 1.807) is 12.1 Å². The number of carbonyl (C=O) groups excluding carboxylic acids is 2. The van der Waals surface area contributed by atoms with Gasteiger partial charge in [0.05, 0.1) is 30.3 Å². The molecular formula is C20H23FN2O5S. The van der Waals surface area contributed by atoms with Crippen LogP contribution in [0.1, 0.15) is 30.7 Å². The number of anilines is 1. The third-order valence-electron chi connectivity index (χ3n) is 6.73. The molecule has 2 saturated carbocycles. The van der Waals surface area contributed by atoms with Crippen molar-refractivity contribution in [3.8, 4) is 0 Å². The number of sulfone groups is 1. The zero-order valence-corrected chi connectivity index (χ0v) is 16.7. The van der Waals surface area contributed by atoms with Crippen LogP contribution in [0.2, 0.25) is 0 Å². The number of hydrogen-bond acceptors (Lipinski definition) is 5. The molecule has 1 N–H and O–H groups in total. The second kappa shape index (κ2) is 6.68. The molecule has 0 bridgehead atoms. The van der Waals surface area contributed by atoms with E-state index in [2.05, 4.69) is 5.32 Å². The maximum Gasteiger partial charge on any atom is 0.414 e. The molecule has 1 unspecified atom stereocenters. The van der Waals surface area contributed by atoms with Gasteiger partial charge in [0.2, 0.25) is 5.91 Å². The van der Waals surface area contributed by atoms with Gasteiger partial charge in [0.25, 0.3) is 0 Å². The second-order valence-corrected chi connectivity index (χ2v) is 10.8. The Morgan fingerprint density at radius 3 is 2.59 bits per heavy atom. The van der Waals surface area contributed by atoms with Gasteiger partial charge in [0.1, 0.15) is 11.9 Å². The molecule has 7 nitrogen and oxygen atoms in total. The average Bonchev–Trinajstić information content (AvgIpc) is 2.95. The minimum absolute atomic E-state index is 0.00172. The summed E-state index contributed by atoms with van der Waals surface area (Å²) in [5, 5.41) is 2.83. The lowest BCUT2D eigenvalue weighted by molar-refractivity contribution is -0.127. The highest BCUT2D eigenvalue weighted by atomic mass is 32.2. The predicted octanol–water partition coefficient (Wildman–Crippen LogP) is 1.83. The average molecular weight is 422 g/mol. The molecule has 5 rings (SSSR count). The van der Waals surface area contributed by atoms with Crippen molar-refractivity contribution >= 4 is 27.5 Å². The Bertz CT molecular complexity index is 959. The van der Waals surface area contributed by atoms with Gasteiger partial charge in [-0.15, -0.1) is 0 Å². The van der Waals surface area contributed by atoms with E-state index in [9.17, 15) is 22.4 Å². The van der Waals surface area contributed by atoms with Crippen molar-refractivity contribution in [2.75, 3.05) is 29.5 Å². The summed E-state index contributed by atoms with van der Waals surface area (Å²) in [5.41, 5.74) is 0.929. The first-order valence-electron chi connectivity index (χ1n) is 10.1. The van der Waals surface area contributed by atoms with E-state index in [1.165, 1.54) is 11.0 Å². The predicted molar refractivity (Wildman–Crippen MR) is 103 cm³/mol. The van der Waals surface area contributed by atoms with E-state index >= 15 is 0 Å². The molecule has 156 valence electrons. The van der Waals surface area contributed by atoms with E-state index in [0.717, 1.165) is 19.3 Å². The summed E-state index contributed by atoms with van der Waals surface area (Å²) in [7, 11) is -2.97. The van der Waals surface area contributed by atoms with Crippen molar-refractivity contribution in [3.63, 3.8) is 0 Å². The van der Waals surface area contributed by atoms with Crippen LogP contribution in [-0.4, -0.2) is 51.1 Å². The lowest BCUT2D eigenvalue weighted by Gasteiger charge is -2.24. The number of fused-ring (bicyclic) bond motifs is 1. The number of amides is 2. The summed E-state index contributed by atoms with van der Waals surface area (Å²) < 4.78 is 43.2. The van der Waals surface area contributed by atoms with Crippen molar-refractivity contribution in [1.29, 1.82) is 0 Å². The number of nitrogens with zero attached hydrogens (tertiary/aromatic N) is 1. The zero-order chi connectivity index (χ0) is 20.3. The van der Waals surface area contributed by atoms with Crippen molar-refractivity contribution in [2.45, 2.75) is 31.3 Å². The number of nitrogens with one attached hydrogen (secondary N) is 1.